The Morgan fingerprint density at radius 2 is 1.89 bits per heavy atom. The number of nitrogens with one attached hydrogen (secondary N) is 2. The van der Waals surface area contributed by atoms with Gasteiger partial charge in [0.15, 0.2) is 0 Å². The van der Waals surface area contributed by atoms with Crippen LogP contribution in [0.5, 0.6) is 0 Å². The average Bonchev–Trinajstić information content (AvgIpc) is 2.64. The number of anilines is 1. The van der Waals surface area contributed by atoms with Gasteiger partial charge in [-0.15, -0.1) is 0 Å². The van der Waals surface area contributed by atoms with Crippen LogP contribution in [0, 0.1) is 18.3 Å². The molecule has 2 aromatic rings. The van der Waals surface area contributed by atoms with Crippen LogP contribution < -0.4 is 10.6 Å². The molecule has 146 valence electrons. The molecular formula is C20H17ClF3N3O. The Kier molecular flexibility index (Phi) is 7.07. The van der Waals surface area contributed by atoms with Crippen LogP contribution in [0.2, 0.25) is 5.02 Å². The summed E-state index contributed by atoms with van der Waals surface area (Å²) in [5, 5.41) is 13.8. The summed E-state index contributed by atoms with van der Waals surface area (Å²) in [4.78, 5) is 12.1. The molecule has 0 spiro atoms. The second kappa shape index (κ2) is 9.29. The Balaban J connectivity index is 1.98. The number of carbonyl (C=O) groups excluding carboxylic acids is 1. The molecule has 0 saturated heterocycles. The minimum Gasteiger partial charge on any atom is -0.389 e. The Morgan fingerprint density at radius 1 is 1.21 bits per heavy atom. The molecule has 0 saturated carbocycles. The van der Waals surface area contributed by atoms with Crippen LogP contribution in [0.15, 0.2) is 54.2 Å². The van der Waals surface area contributed by atoms with E-state index in [1.807, 2.05) is 31.2 Å². The largest absolute Gasteiger partial charge is 0.417 e. The number of amides is 1. The Hall–Kier alpha value is -2.98. The number of aryl methyl sites for hydroxylation is 1. The van der Waals surface area contributed by atoms with Gasteiger partial charge >= 0.3 is 6.18 Å². The van der Waals surface area contributed by atoms with E-state index in [-0.39, 0.29) is 11.3 Å². The molecule has 0 atom stereocenters. The highest BCUT2D eigenvalue weighted by atomic mass is 35.5. The van der Waals surface area contributed by atoms with E-state index in [1.54, 1.807) is 6.07 Å². The first-order chi connectivity index (χ1) is 13.2. The zero-order valence-corrected chi connectivity index (χ0v) is 15.7. The van der Waals surface area contributed by atoms with Gasteiger partial charge in [0.1, 0.15) is 11.6 Å². The number of rotatable bonds is 6. The third-order valence-electron chi connectivity index (χ3n) is 3.82. The molecule has 28 heavy (non-hydrogen) atoms. The van der Waals surface area contributed by atoms with E-state index in [0.29, 0.717) is 13.0 Å². The second-order valence-electron chi connectivity index (χ2n) is 6.01. The minimum atomic E-state index is -4.65. The third kappa shape index (κ3) is 6.03. The smallest absolute Gasteiger partial charge is 0.389 e. The van der Waals surface area contributed by atoms with Crippen molar-refractivity contribution in [2.45, 2.75) is 19.5 Å². The fraction of sp³-hybridized carbons (Fsp3) is 0.200. The summed E-state index contributed by atoms with van der Waals surface area (Å²) in [7, 11) is 0. The first-order valence-electron chi connectivity index (χ1n) is 8.28. The van der Waals surface area contributed by atoms with E-state index >= 15 is 0 Å². The second-order valence-corrected chi connectivity index (χ2v) is 6.41. The summed E-state index contributed by atoms with van der Waals surface area (Å²) < 4.78 is 38.7. The summed E-state index contributed by atoms with van der Waals surface area (Å²) >= 11 is 5.54. The van der Waals surface area contributed by atoms with Crippen molar-refractivity contribution >= 4 is 23.2 Å². The summed E-state index contributed by atoms with van der Waals surface area (Å²) in [6.45, 7) is 2.47. The number of carbonyl (C=O) groups is 1. The zero-order chi connectivity index (χ0) is 20.7. The maximum atomic E-state index is 12.9. The van der Waals surface area contributed by atoms with Gasteiger partial charge in [-0.25, -0.2) is 0 Å². The van der Waals surface area contributed by atoms with Gasteiger partial charge in [0.2, 0.25) is 0 Å². The monoisotopic (exact) mass is 407 g/mol. The Morgan fingerprint density at radius 3 is 2.50 bits per heavy atom. The summed E-state index contributed by atoms with van der Waals surface area (Å²) in [6, 6.07) is 12.7. The van der Waals surface area contributed by atoms with Gasteiger partial charge in [-0.05, 0) is 37.1 Å². The molecule has 4 nitrogen and oxygen atoms in total. The fourth-order valence-corrected chi connectivity index (χ4v) is 2.54. The first kappa shape index (κ1) is 21.3. The SMILES string of the molecule is Cc1ccc(CCN/C=C(/C#N)C(=O)Nc2ccc(Cl)c(C(F)(F)F)c2)cc1. The molecule has 0 bridgehead atoms. The predicted molar refractivity (Wildman–Crippen MR) is 102 cm³/mol. The van der Waals surface area contributed by atoms with Crippen molar-refractivity contribution in [2.75, 3.05) is 11.9 Å². The van der Waals surface area contributed by atoms with E-state index in [1.165, 1.54) is 12.3 Å². The molecule has 2 N–H and O–H groups in total. The van der Waals surface area contributed by atoms with Crippen LogP contribution >= 0.6 is 11.6 Å². The number of hydrogen-bond donors (Lipinski definition) is 2. The number of halogens is 4. The lowest BCUT2D eigenvalue weighted by atomic mass is 10.1. The van der Waals surface area contributed by atoms with Gasteiger partial charge in [-0.1, -0.05) is 41.4 Å². The molecule has 8 heteroatoms. The lowest BCUT2D eigenvalue weighted by molar-refractivity contribution is -0.137. The number of benzene rings is 2. The van der Waals surface area contributed by atoms with Crippen molar-refractivity contribution < 1.29 is 18.0 Å². The molecule has 2 aromatic carbocycles. The molecule has 1 amide bonds. The molecule has 0 heterocycles. The topological polar surface area (TPSA) is 64.9 Å². The highest BCUT2D eigenvalue weighted by Gasteiger charge is 2.33. The van der Waals surface area contributed by atoms with Crippen molar-refractivity contribution in [1.82, 2.24) is 5.32 Å². The zero-order valence-electron chi connectivity index (χ0n) is 14.9. The van der Waals surface area contributed by atoms with Crippen LogP contribution in [0.1, 0.15) is 16.7 Å². The molecule has 0 aliphatic heterocycles. The highest BCUT2D eigenvalue weighted by molar-refractivity contribution is 6.31. The van der Waals surface area contributed by atoms with E-state index in [4.69, 9.17) is 16.9 Å². The van der Waals surface area contributed by atoms with Crippen LogP contribution in [0.25, 0.3) is 0 Å². The lowest BCUT2D eigenvalue weighted by Gasteiger charge is -2.11. The molecule has 0 unspecified atom stereocenters. The minimum absolute atomic E-state index is 0.109. The predicted octanol–water partition coefficient (Wildman–Crippen LogP) is 4.85. The number of nitriles is 1. The molecule has 2 rings (SSSR count). The Bertz CT molecular complexity index is 916. The van der Waals surface area contributed by atoms with Crippen LogP contribution in [-0.4, -0.2) is 12.5 Å². The van der Waals surface area contributed by atoms with Gasteiger partial charge in [-0.2, -0.15) is 18.4 Å². The van der Waals surface area contributed by atoms with Gasteiger partial charge in [0, 0.05) is 18.4 Å². The van der Waals surface area contributed by atoms with Crippen LogP contribution in [0.3, 0.4) is 0 Å². The van der Waals surface area contributed by atoms with Crippen molar-refractivity contribution in [1.29, 1.82) is 5.26 Å². The van der Waals surface area contributed by atoms with Gasteiger partial charge in [0.25, 0.3) is 5.91 Å². The van der Waals surface area contributed by atoms with E-state index in [9.17, 15) is 18.0 Å². The van der Waals surface area contributed by atoms with E-state index in [2.05, 4.69) is 10.6 Å². The molecule has 0 aromatic heterocycles. The van der Waals surface area contributed by atoms with Crippen LogP contribution in [0.4, 0.5) is 18.9 Å². The maximum Gasteiger partial charge on any atom is 0.417 e. The highest BCUT2D eigenvalue weighted by Crippen LogP contribution is 2.36. The van der Waals surface area contributed by atoms with Gasteiger partial charge in [0.05, 0.1) is 10.6 Å². The standard InChI is InChI=1S/C20H17ClF3N3O/c1-13-2-4-14(5-3-13)8-9-26-12-15(11-25)19(28)27-16-6-7-18(21)17(10-16)20(22,23)24/h2-7,10,12,26H,8-9H2,1H3,(H,27,28)/b15-12-. The number of alkyl halides is 3. The molecule has 0 radical (unpaired) electrons. The summed E-state index contributed by atoms with van der Waals surface area (Å²) in [6.07, 6.45) is -2.73. The fourth-order valence-electron chi connectivity index (χ4n) is 2.31. The van der Waals surface area contributed by atoms with E-state index < -0.39 is 22.7 Å². The molecular weight excluding hydrogens is 391 g/mol. The summed E-state index contributed by atoms with van der Waals surface area (Å²) in [5.41, 5.74) is 0.812. The van der Waals surface area contributed by atoms with Crippen molar-refractivity contribution in [3.05, 3.63) is 76.0 Å². The van der Waals surface area contributed by atoms with Crippen molar-refractivity contribution in [3.8, 4) is 6.07 Å². The average molecular weight is 408 g/mol. The molecule has 0 fully saturated rings. The van der Waals surface area contributed by atoms with Gasteiger partial charge in [-0.3, -0.25) is 4.79 Å². The van der Waals surface area contributed by atoms with Crippen LogP contribution in [-0.2, 0) is 17.4 Å². The van der Waals surface area contributed by atoms with Gasteiger partial charge < -0.3 is 10.6 Å². The molecule has 0 aliphatic rings. The lowest BCUT2D eigenvalue weighted by Crippen LogP contribution is -2.18. The quantitative estimate of drug-likeness (QED) is 0.409. The number of nitrogens with zero attached hydrogens (tertiary/aromatic N) is 1. The van der Waals surface area contributed by atoms with E-state index in [0.717, 1.165) is 23.3 Å². The normalized spacial score (nSPS) is 11.6. The Labute approximate surface area is 165 Å². The third-order valence-corrected chi connectivity index (χ3v) is 4.15. The van der Waals surface area contributed by atoms with Crippen molar-refractivity contribution in [3.63, 3.8) is 0 Å². The molecule has 0 aliphatic carbocycles. The summed E-state index contributed by atoms with van der Waals surface area (Å²) in [5.74, 6) is -0.819. The first-order valence-corrected chi connectivity index (χ1v) is 8.66. The van der Waals surface area contributed by atoms with Crippen molar-refractivity contribution in [2.24, 2.45) is 0 Å². The number of hydrogen-bond acceptors (Lipinski definition) is 3. The maximum absolute atomic E-state index is 12.9.